The van der Waals surface area contributed by atoms with Gasteiger partial charge in [0.15, 0.2) is 0 Å². The Balaban J connectivity index is 1.92. The zero-order valence-corrected chi connectivity index (χ0v) is 11.1. The molecule has 0 spiro atoms. The Morgan fingerprint density at radius 1 is 1.59 bits per heavy atom. The topological polar surface area (TPSA) is 28.2 Å². The number of hydrogen-bond donors (Lipinski definition) is 1. The van der Waals surface area contributed by atoms with Crippen molar-refractivity contribution in [1.29, 1.82) is 0 Å². The molecule has 1 unspecified atom stereocenters. The number of nitrogens with one attached hydrogen (secondary N) is 1. The molecule has 1 fully saturated rings. The van der Waals surface area contributed by atoms with Gasteiger partial charge in [-0.1, -0.05) is 24.9 Å². The molecule has 1 atom stereocenters. The second-order valence-corrected chi connectivity index (χ2v) is 5.05. The summed E-state index contributed by atoms with van der Waals surface area (Å²) in [5.74, 6) is 0. The number of pyridine rings is 1. The van der Waals surface area contributed by atoms with Gasteiger partial charge in [0.05, 0.1) is 5.02 Å². The number of nitrogens with zero attached hydrogens (tertiary/aromatic N) is 2. The molecular weight excluding hydrogens is 234 g/mol. The minimum Gasteiger partial charge on any atom is -0.311 e. The molecule has 1 aliphatic heterocycles. The average Bonchev–Trinajstić information content (AvgIpc) is 2.33. The molecule has 1 N–H and O–H groups in total. The van der Waals surface area contributed by atoms with Gasteiger partial charge in [-0.05, 0) is 18.1 Å². The van der Waals surface area contributed by atoms with Crippen molar-refractivity contribution in [3.8, 4) is 0 Å². The van der Waals surface area contributed by atoms with Crippen LogP contribution in [0, 0.1) is 0 Å². The molecule has 1 aromatic rings. The highest BCUT2D eigenvalue weighted by atomic mass is 35.5. The van der Waals surface area contributed by atoms with E-state index >= 15 is 0 Å². The molecule has 0 saturated carbocycles. The van der Waals surface area contributed by atoms with E-state index < -0.39 is 0 Å². The van der Waals surface area contributed by atoms with Gasteiger partial charge in [0.2, 0.25) is 0 Å². The van der Waals surface area contributed by atoms with Crippen molar-refractivity contribution in [2.75, 3.05) is 19.6 Å². The number of rotatable bonds is 4. The van der Waals surface area contributed by atoms with Crippen molar-refractivity contribution in [1.82, 2.24) is 15.2 Å². The summed E-state index contributed by atoms with van der Waals surface area (Å²) in [5.41, 5.74) is 1.18. The first-order chi connectivity index (χ1) is 8.29. The van der Waals surface area contributed by atoms with Gasteiger partial charge in [0.25, 0.3) is 0 Å². The summed E-state index contributed by atoms with van der Waals surface area (Å²) in [7, 11) is 0. The van der Waals surface area contributed by atoms with Gasteiger partial charge in [-0.2, -0.15) is 0 Å². The molecule has 0 radical (unpaired) electrons. The lowest BCUT2D eigenvalue weighted by Crippen LogP contribution is -2.50. The molecule has 0 aromatic carbocycles. The van der Waals surface area contributed by atoms with Gasteiger partial charge in [0, 0.05) is 44.6 Å². The van der Waals surface area contributed by atoms with Gasteiger partial charge in [-0.25, -0.2) is 0 Å². The second kappa shape index (κ2) is 6.34. The van der Waals surface area contributed by atoms with Crippen LogP contribution < -0.4 is 5.32 Å². The Kier molecular flexibility index (Phi) is 4.77. The normalized spacial score (nSPS) is 21.6. The number of hydrogen-bond acceptors (Lipinski definition) is 3. The largest absolute Gasteiger partial charge is 0.311 e. The average molecular weight is 254 g/mol. The molecule has 1 aromatic heterocycles. The smallest absolute Gasteiger partial charge is 0.0634 e. The van der Waals surface area contributed by atoms with E-state index in [9.17, 15) is 0 Å². The summed E-state index contributed by atoms with van der Waals surface area (Å²) in [4.78, 5) is 6.49. The molecule has 3 nitrogen and oxygen atoms in total. The lowest BCUT2D eigenvalue weighted by Gasteiger charge is -2.33. The van der Waals surface area contributed by atoms with Crippen molar-refractivity contribution in [3.63, 3.8) is 0 Å². The molecule has 1 saturated heterocycles. The van der Waals surface area contributed by atoms with Crippen molar-refractivity contribution >= 4 is 11.6 Å². The van der Waals surface area contributed by atoms with E-state index in [1.54, 1.807) is 6.20 Å². The van der Waals surface area contributed by atoms with Crippen molar-refractivity contribution in [3.05, 3.63) is 29.0 Å². The van der Waals surface area contributed by atoms with Crippen LogP contribution >= 0.6 is 11.6 Å². The molecule has 2 heterocycles. The van der Waals surface area contributed by atoms with Gasteiger partial charge >= 0.3 is 0 Å². The predicted molar refractivity (Wildman–Crippen MR) is 71.2 cm³/mol. The summed E-state index contributed by atoms with van der Waals surface area (Å²) in [6, 6.07) is 2.65. The van der Waals surface area contributed by atoms with Crippen LogP contribution in [0.1, 0.15) is 25.3 Å². The van der Waals surface area contributed by atoms with Crippen LogP contribution in [0.2, 0.25) is 5.02 Å². The molecule has 0 aliphatic carbocycles. The third-order valence-corrected chi connectivity index (χ3v) is 3.57. The Morgan fingerprint density at radius 2 is 2.47 bits per heavy atom. The summed E-state index contributed by atoms with van der Waals surface area (Å²) < 4.78 is 0. The summed E-state index contributed by atoms with van der Waals surface area (Å²) in [6.07, 6.45) is 6.03. The van der Waals surface area contributed by atoms with E-state index in [0.29, 0.717) is 6.04 Å². The molecule has 17 heavy (non-hydrogen) atoms. The van der Waals surface area contributed by atoms with E-state index in [-0.39, 0.29) is 0 Å². The Hall–Kier alpha value is -0.640. The van der Waals surface area contributed by atoms with Crippen LogP contribution in [0.25, 0.3) is 0 Å². The lowest BCUT2D eigenvalue weighted by atomic mass is 10.1. The summed E-state index contributed by atoms with van der Waals surface area (Å²) in [5, 5.41) is 4.34. The van der Waals surface area contributed by atoms with Crippen molar-refractivity contribution < 1.29 is 0 Å². The molecule has 2 rings (SSSR count). The predicted octanol–water partition coefficient (Wildman–Crippen LogP) is 2.31. The minimum absolute atomic E-state index is 0.634. The van der Waals surface area contributed by atoms with Crippen LogP contribution in [0.4, 0.5) is 0 Å². The van der Waals surface area contributed by atoms with Gasteiger partial charge in [0.1, 0.15) is 0 Å². The quantitative estimate of drug-likeness (QED) is 0.893. The van der Waals surface area contributed by atoms with Crippen LogP contribution in [0.15, 0.2) is 18.5 Å². The molecule has 94 valence electrons. The number of piperazine rings is 1. The standard InChI is InChI=1S/C13H20ClN3/c1-2-3-12-10-17(7-6-16-12)9-11-4-5-15-8-13(11)14/h4-5,8,12,16H,2-3,6-7,9-10H2,1H3. The maximum absolute atomic E-state index is 6.14. The van der Waals surface area contributed by atoms with E-state index in [1.165, 1.54) is 18.4 Å². The van der Waals surface area contributed by atoms with E-state index in [0.717, 1.165) is 31.2 Å². The fourth-order valence-electron chi connectivity index (χ4n) is 2.35. The molecule has 4 heteroatoms. The van der Waals surface area contributed by atoms with Gasteiger partial charge in [-0.15, -0.1) is 0 Å². The van der Waals surface area contributed by atoms with Crippen LogP contribution in [0.3, 0.4) is 0 Å². The molecular formula is C13H20ClN3. The Bertz CT molecular complexity index is 354. The maximum Gasteiger partial charge on any atom is 0.0634 e. The number of aromatic nitrogens is 1. The monoisotopic (exact) mass is 253 g/mol. The molecule has 0 bridgehead atoms. The van der Waals surface area contributed by atoms with E-state index in [1.807, 2.05) is 12.3 Å². The minimum atomic E-state index is 0.634. The highest BCUT2D eigenvalue weighted by molar-refractivity contribution is 6.31. The highest BCUT2D eigenvalue weighted by Crippen LogP contribution is 2.17. The van der Waals surface area contributed by atoms with E-state index in [2.05, 4.69) is 22.1 Å². The summed E-state index contributed by atoms with van der Waals surface area (Å²) in [6.45, 7) is 6.46. The first-order valence-corrected chi connectivity index (χ1v) is 6.71. The maximum atomic E-state index is 6.14. The van der Waals surface area contributed by atoms with Gasteiger partial charge in [-0.3, -0.25) is 9.88 Å². The zero-order valence-electron chi connectivity index (χ0n) is 10.3. The number of halogens is 1. The van der Waals surface area contributed by atoms with Crippen molar-refractivity contribution in [2.45, 2.75) is 32.4 Å². The molecule has 0 amide bonds. The fraction of sp³-hybridized carbons (Fsp3) is 0.615. The summed E-state index contributed by atoms with van der Waals surface area (Å²) >= 11 is 6.14. The zero-order chi connectivity index (χ0) is 12.1. The SMILES string of the molecule is CCCC1CN(Cc2ccncc2Cl)CCN1. The van der Waals surface area contributed by atoms with Crippen LogP contribution in [0.5, 0.6) is 0 Å². The lowest BCUT2D eigenvalue weighted by molar-refractivity contribution is 0.187. The van der Waals surface area contributed by atoms with Crippen LogP contribution in [-0.4, -0.2) is 35.6 Å². The van der Waals surface area contributed by atoms with Gasteiger partial charge < -0.3 is 5.32 Å². The highest BCUT2D eigenvalue weighted by Gasteiger charge is 2.18. The first-order valence-electron chi connectivity index (χ1n) is 6.33. The fourth-order valence-corrected chi connectivity index (χ4v) is 2.53. The second-order valence-electron chi connectivity index (χ2n) is 4.64. The Labute approximate surface area is 108 Å². The third-order valence-electron chi connectivity index (χ3n) is 3.23. The third kappa shape index (κ3) is 3.66. The van der Waals surface area contributed by atoms with E-state index in [4.69, 9.17) is 11.6 Å². The molecule has 1 aliphatic rings. The van der Waals surface area contributed by atoms with Crippen molar-refractivity contribution in [2.24, 2.45) is 0 Å². The van der Waals surface area contributed by atoms with Crippen LogP contribution in [-0.2, 0) is 6.54 Å². The first kappa shape index (κ1) is 12.8. The Morgan fingerprint density at radius 3 is 3.24 bits per heavy atom.